The van der Waals surface area contributed by atoms with Gasteiger partial charge in [-0.15, -0.1) is 0 Å². The first-order valence-electron chi connectivity index (χ1n) is 6.41. The van der Waals surface area contributed by atoms with Crippen molar-refractivity contribution in [1.82, 2.24) is 10.6 Å². The van der Waals surface area contributed by atoms with Gasteiger partial charge in [0.25, 0.3) is 0 Å². The number of carbonyl (C=O) groups excluding carboxylic acids is 1. The Labute approximate surface area is 113 Å². The molecule has 0 aliphatic rings. The third-order valence-corrected chi connectivity index (χ3v) is 2.82. The van der Waals surface area contributed by atoms with Crippen LogP contribution in [0.3, 0.4) is 0 Å². The topological polar surface area (TPSA) is 50.4 Å². The molecule has 1 amide bonds. The average molecular weight is 268 g/mol. The van der Waals surface area contributed by atoms with Crippen molar-refractivity contribution in [2.24, 2.45) is 0 Å². The zero-order valence-electron chi connectivity index (χ0n) is 11.4. The predicted octanol–water partition coefficient (Wildman–Crippen LogP) is 1.63. The van der Waals surface area contributed by atoms with Gasteiger partial charge in [0.1, 0.15) is 5.82 Å². The third kappa shape index (κ3) is 5.81. The molecule has 106 valence electrons. The van der Waals surface area contributed by atoms with E-state index in [-0.39, 0.29) is 24.3 Å². The first kappa shape index (κ1) is 15.6. The van der Waals surface area contributed by atoms with Crippen molar-refractivity contribution in [2.75, 3.05) is 26.8 Å². The SMILES string of the molecule is CCC(NCC(=O)NCCOC)c1ccc(F)cc1. The van der Waals surface area contributed by atoms with Crippen LogP contribution < -0.4 is 10.6 Å². The van der Waals surface area contributed by atoms with Gasteiger partial charge in [0.15, 0.2) is 0 Å². The molecule has 4 nitrogen and oxygen atoms in total. The van der Waals surface area contributed by atoms with Gasteiger partial charge >= 0.3 is 0 Å². The summed E-state index contributed by atoms with van der Waals surface area (Å²) in [6.45, 7) is 3.26. The predicted molar refractivity (Wildman–Crippen MR) is 72.3 cm³/mol. The van der Waals surface area contributed by atoms with E-state index in [9.17, 15) is 9.18 Å². The molecule has 0 bridgehead atoms. The van der Waals surface area contributed by atoms with E-state index in [0.29, 0.717) is 13.2 Å². The molecule has 0 aliphatic heterocycles. The summed E-state index contributed by atoms with van der Waals surface area (Å²) in [5.74, 6) is -0.325. The summed E-state index contributed by atoms with van der Waals surface area (Å²) < 4.78 is 17.7. The molecule has 1 aromatic rings. The number of benzene rings is 1. The van der Waals surface area contributed by atoms with Gasteiger partial charge in [-0.25, -0.2) is 4.39 Å². The van der Waals surface area contributed by atoms with Gasteiger partial charge in [0.2, 0.25) is 5.91 Å². The summed E-state index contributed by atoms with van der Waals surface area (Å²) in [6.07, 6.45) is 0.830. The van der Waals surface area contributed by atoms with E-state index in [2.05, 4.69) is 10.6 Å². The molecule has 0 aromatic heterocycles. The number of rotatable bonds is 8. The lowest BCUT2D eigenvalue weighted by molar-refractivity contribution is -0.120. The number of methoxy groups -OCH3 is 1. The molecular weight excluding hydrogens is 247 g/mol. The fourth-order valence-electron chi connectivity index (χ4n) is 1.76. The van der Waals surface area contributed by atoms with Crippen LogP contribution in [0.2, 0.25) is 0 Å². The summed E-state index contributed by atoms with van der Waals surface area (Å²) in [7, 11) is 1.59. The highest BCUT2D eigenvalue weighted by Crippen LogP contribution is 2.16. The van der Waals surface area contributed by atoms with Crippen LogP contribution in [0.5, 0.6) is 0 Å². The Bertz CT molecular complexity index is 382. The lowest BCUT2D eigenvalue weighted by Crippen LogP contribution is -2.37. The van der Waals surface area contributed by atoms with E-state index < -0.39 is 0 Å². The molecule has 1 rings (SSSR count). The molecule has 0 heterocycles. The van der Waals surface area contributed by atoms with Crippen LogP contribution in [0.25, 0.3) is 0 Å². The summed E-state index contributed by atoms with van der Waals surface area (Å²) >= 11 is 0. The van der Waals surface area contributed by atoms with Gasteiger partial charge in [-0.05, 0) is 24.1 Å². The van der Waals surface area contributed by atoms with Crippen LogP contribution in [0.4, 0.5) is 4.39 Å². The Hall–Kier alpha value is -1.46. The highest BCUT2D eigenvalue weighted by molar-refractivity contribution is 5.78. The van der Waals surface area contributed by atoms with E-state index in [1.165, 1.54) is 12.1 Å². The molecule has 2 N–H and O–H groups in total. The Balaban J connectivity index is 2.40. The minimum absolute atomic E-state index is 0.0498. The van der Waals surface area contributed by atoms with Gasteiger partial charge in [-0.3, -0.25) is 4.79 Å². The maximum Gasteiger partial charge on any atom is 0.234 e. The van der Waals surface area contributed by atoms with Crippen molar-refractivity contribution in [2.45, 2.75) is 19.4 Å². The minimum atomic E-state index is -0.254. The molecule has 0 saturated carbocycles. The fourth-order valence-corrected chi connectivity index (χ4v) is 1.76. The Morgan fingerprint density at radius 2 is 2.05 bits per heavy atom. The summed E-state index contributed by atoms with van der Waals surface area (Å²) in [4.78, 5) is 11.5. The van der Waals surface area contributed by atoms with Crippen LogP contribution in [0, 0.1) is 5.82 Å². The smallest absolute Gasteiger partial charge is 0.234 e. The van der Waals surface area contributed by atoms with Crippen LogP contribution in [0.15, 0.2) is 24.3 Å². The van der Waals surface area contributed by atoms with Crippen molar-refractivity contribution in [3.63, 3.8) is 0 Å². The number of hydrogen-bond donors (Lipinski definition) is 2. The molecule has 0 spiro atoms. The normalized spacial score (nSPS) is 12.2. The second kappa shape index (κ2) is 8.61. The second-order valence-corrected chi connectivity index (χ2v) is 4.24. The number of hydrogen-bond acceptors (Lipinski definition) is 3. The zero-order valence-corrected chi connectivity index (χ0v) is 11.4. The Kier molecular flexibility index (Phi) is 7.07. The lowest BCUT2D eigenvalue weighted by Gasteiger charge is -2.17. The summed E-state index contributed by atoms with van der Waals surface area (Å²) in [5, 5.41) is 5.89. The number of amides is 1. The molecule has 5 heteroatoms. The molecule has 0 radical (unpaired) electrons. The van der Waals surface area contributed by atoms with Crippen molar-refractivity contribution in [1.29, 1.82) is 0 Å². The van der Waals surface area contributed by atoms with E-state index in [0.717, 1.165) is 12.0 Å². The van der Waals surface area contributed by atoms with Gasteiger partial charge in [-0.2, -0.15) is 0 Å². The molecule has 1 atom stereocenters. The lowest BCUT2D eigenvalue weighted by atomic mass is 10.0. The first-order valence-corrected chi connectivity index (χ1v) is 6.41. The van der Waals surface area contributed by atoms with E-state index in [1.54, 1.807) is 19.2 Å². The standard InChI is InChI=1S/C14H21FN2O2/c1-3-13(11-4-6-12(15)7-5-11)17-10-14(18)16-8-9-19-2/h4-7,13,17H,3,8-10H2,1-2H3,(H,16,18). The highest BCUT2D eigenvalue weighted by atomic mass is 19.1. The third-order valence-electron chi connectivity index (χ3n) is 2.82. The summed E-state index contributed by atoms with van der Waals surface area (Å²) in [5.41, 5.74) is 0.980. The number of ether oxygens (including phenoxy) is 1. The van der Waals surface area contributed by atoms with E-state index in [4.69, 9.17) is 4.74 Å². The number of carbonyl (C=O) groups is 1. The Morgan fingerprint density at radius 3 is 2.63 bits per heavy atom. The van der Waals surface area contributed by atoms with Crippen molar-refractivity contribution in [3.05, 3.63) is 35.6 Å². The molecule has 0 saturated heterocycles. The van der Waals surface area contributed by atoms with Gasteiger partial charge in [0.05, 0.1) is 13.2 Å². The zero-order chi connectivity index (χ0) is 14.1. The highest BCUT2D eigenvalue weighted by Gasteiger charge is 2.10. The number of halogens is 1. The van der Waals surface area contributed by atoms with Crippen LogP contribution >= 0.6 is 0 Å². The second-order valence-electron chi connectivity index (χ2n) is 4.24. The monoisotopic (exact) mass is 268 g/mol. The van der Waals surface area contributed by atoms with Gasteiger partial charge in [-0.1, -0.05) is 19.1 Å². The van der Waals surface area contributed by atoms with Crippen molar-refractivity contribution in [3.8, 4) is 0 Å². The largest absolute Gasteiger partial charge is 0.383 e. The number of nitrogens with one attached hydrogen (secondary N) is 2. The Morgan fingerprint density at radius 1 is 1.37 bits per heavy atom. The first-order chi connectivity index (χ1) is 9.17. The van der Waals surface area contributed by atoms with Crippen LogP contribution in [-0.4, -0.2) is 32.7 Å². The molecule has 1 aromatic carbocycles. The van der Waals surface area contributed by atoms with Crippen LogP contribution in [0.1, 0.15) is 24.9 Å². The van der Waals surface area contributed by atoms with Gasteiger partial charge in [0, 0.05) is 19.7 Å². The van der Waals surface area contributed by atoms with E-state index in [1.807, 2.05) is 6.92 Å². The average Bonchev–Trinajstić information content (AvgIpc) is 2.41. The fraction of sp³-hybridized carbons (Fsp3) is 0.500. The maximum absolute atomic E-state index is 12.8. The molecule has 19 heavy (non-hydrogen) atoms. The molecule has 0 fully saturated rings. The minimum Gasteiger partial charge on any atom is -0.383 e. The quantitative estimate of drug-likeness (QED) is 0.705. The molecule has 1 unspecified atom stereocenters. The van der Waals surface area contributed by atoms with Gasteiger partial charge < -0.3 is 15.4 Å². The van der Waals surface area contributed by atoms with Crippen LogP contribution in [-0.2, 0) is 9.53 Å². The summed E-state index contributed by atoms with van der Waals surface area (Å²) in [6, 6.07) is 6.38. The van der Waals surface area contributed by atoms with Crippen molar-refractivity contribution >= 4 is 5.91 Å². The molecule has 0 aliphatic carbocycles. The van der Waals surface area contributed by atoms with Crippen molar-refractivity contribution < 1.29 is 13.9 Å². The molecular formula is C14H21FN2O2. The maximum atomic E-state index is 12.8. The van der Waals surface area contributed by atoms with E-state index >= 15 is 0 Å².